The first kappa shape index (κ1) is 13.4. The zero-order chi connectivity index (χ0) is 13.2. The van der Waals surface area contributed by atoms with Crippen LogP contribution in [0.25, 0.3) is 0 Å². The van der Waals surface area contributed by atoms with Gasteiger partial charge in [0, 0.05) is 25.8 Å². The molecule has 1 unspecified atom stereocenters. The van der Waals surface area contributed by atoms with Crippen molar-refractivity contribution < 1.29 is 13.2 Å². The lowest BCUT2D eigenvalue weighted by Gasteiger charge is -2.30. The Morgan fingerprint density at radius 1 is 1.56 bits per heavy atom. The summed E-state index contributed by atoms with van der Waals surface area (Å²) in [5, 5.41) is 0. The van der Waals surface area contributed by atoms with Crippen LogP contribution >= 0.6 is 0 Å². The lowest BCUT2D eigenvalue weighted by atomic mass is 10.3. The van der Waals surface area contributed by atoms with E-state index in [1.54, 1.807) is 12.1 Å². The summed E-state index contributed by atoms with van der Waals surface area (Å²) in [6, 6.07) is 3.18. The van der Waals surface area contributed by atoms with Gasteiger partial charge in [0.15, 0.2) is 0 Å². The standard InChI is InChI=1S/C11H17N3O3S/c1-9-8-14(4-5-17-9)18(15,16)11-3-2-10(6-12)13-7-11/h2-3,7,9H,4-6,8,12H2,1H3. The highest BCUT2D eigenvalue weighted by Gasteiger charge is 2.29. The average molecular weight is 271 g/mol. The molecular weight excluding hydrogens is 254 g/mol. The maximum Gasteiger partial charge on any atom is 0.244 e. The third-order valence-electron chi connectivity index (χ3n) is 2.85. The molecule has 2 heterocycles. The predicted molar refractivity (Wildman–Crippen MR) is 66.3 cm³/mol. The quantitative estimate of drug-likeness (QED) is 0.833. The number of morpholine rings is 1. The molecule has 0 spiro atoms. The van der Waals surface area contributed by atoms with E-state index in [1.165, 1.54) is 10.5 Å². The molecule has 7 heteroatoms. The molecule has 1 aromatic rings. The highest BCUT2D eigenvalue weighted by atomic mass is 32.2. The molecule has 0 aromatic carbocycles. The van der Waals surface area contributed by atoms with Gasteiger partial charge in [-0.05, 0) is 19.1 Å². The van der Waals surface area contributed by atoms with E-state index in [0.29, 0.717) is 31.9 Å². The van der Waals surface area contributed by atoms with Gasteiger partial charge in [0.05, 0.1) is 18.4 Å². The number of aromatic nitrogens is 1. The molecular formula is C11H17N3O3S. The zero-order valence-corrected chi connectivity index (χ0v) is 11.1. The van der Waals surface area contributed by atoms with Gasteiger partial charge in [-0.25, -0.2) is 8.42 Å². The molecule has 1 fully saturated rings. The van der Waals surface area contributed by atoms with E-state index in [9.17, 15) is 8.42 Å². The van der Waals surface area contributed by atoms with Crippen molar-refractivity contribution in [3.05, 3.63) is 24.0 Å². The fraction of sp³-hybridized carbons (Fsp3) is 0.545. The first-order valence-corrected chi connectivity index (χ1v) is 7.25. The molecule has 2 rings (SSSR count). The zero-order valence-electron chi connectivity index (χ0n) is 10.2. The van der Waals surface area contributed by atoms with Crippen LogP contribution in [0, 0.1) is 0 Å². The summed E-state index contributed by atoms with van der Waals surface area (Å²) < 4.78 is 31.4. The molecule has 100 valence electrons. The summed E-state index contributed by atoms with van der Waals surface area (Å²) in [6.45, 7) is 3.34. The molecule has 0 saturated carbocycles. The van der Waals surface area contributed by atoms with Crippen molar-refractivity contribution in [1.29, 1.82) is 0 Å². The lowest BCUT2D eigenvalue weighted by Crippen LogP contribution is -2.44. The van der Waals surface area contributed by atoms with Crippen molar-refractivity contribution in [3.8, 4) is 0 Å². The van der Waals surface area contributed by atoms with Crippen molar-refractivity contribution in [2.24, 2.45) is 5.73 Å². The Balaban J connectivity index is 2.23. The van der Waals surface area contributed by atoms with E-state index in [-0.39, 0.29) is 11.0 Å². The first-order chi connectivity index (χ1) is 8.54. The minimum atomic E-state index is -3.47. The van der Waals surface area contributed by atoms with Gasteiger partial charge in [-0.15, -0.1) is 0 Å². The van der Waals surface area contributed by atoms with Crippen LogP contribution in [0.1, 0.15) is 12.6 Å². The van der Waals surface area contributed by atoms with Gasteiger partial charge in [0.2, 0.25) is 10.0 Å². The number of hydrogen-bond donors (Lipinski definition) is 1. The molecule has 0 bridgehead atoms. The van der Waals surface area contributed by atoms with E-state index in [0.717, 1.165) is 0 Å². The highest BCUT2D eigenvalue weighted by molar-refractivity contribution is 7.89. The number of rotatable bonds is 3. The van der Waals surface area contributed by atoms with Gasteiger partial charge in [0.1, 0.15) is 4.90 Å². The second-order valence-electron chi connectivity index (χ2n) is 4.23. The SMILES string of the molecule is CC1CN(S(=O)(=O)c2ccc(CN)nc2)CCO1. The van der Waals surface area contributed by atoms with Crippen molar-refractivity contribution in [2.45, 2.75) is 24.5 Å². The monoisotopic (exact) mass is 271 g/mol. The van der Waals surface area contributed by atoms with Crippen molar-refractivity contribution in [2.75, 3.05) is 19.7 Å². The molecule has 1 aliphatic rings. The lowest BCUT2D eigenvalue weighted by molar-refractivity contribution is 0.0102. The number of hydrogen-bond acceptors (Lipinski definition) is 5. The molecule has 6 nitrogen and oxygen atoms in total. The molecule has 18 heavy (non-hydrogen) atoms. The highest BCUT2D eigenvalue weighted by Crippen LogP contribution is 2.18. The number of ether oxygens (including phenoxy) is 1. The van der Waals surface area contributed by atoms with Crippen molar-refractivity contribution in [3.63, 3.8) is 0 Å². The van der Waals surface area contributed by atoms with Gasteiger partial charge < -0.3 is 10.5 Å². The first-order valence-electron chi connectivity index (χ1n) is 5.81. The Morgan fingerprint density at radius 2 is 2.33 bits per heavy atom. The van der Waals surface area contributed by atoms with Crippen molar-refractivity contribution >= 4 is 10.0 Å². The largest absolute Gasteiger partial charge is 0.376 e. The van der Waals surface area contributed by atoms with E-state index in [2.05, 4.69) is 4.98 Å². The van der Waals surface area contributed by atoms with Crippen LogP contribution in [0.4, 0.5) is 0 Å². The van der Waals surface area contributed by atoms with E-state index >= 15 is 0 Å². The van der Waals surface area contributed by atoms with Crippen LogP contribution in [0.2, 0.25) is 0 Å². The van der Waals surface area contributed by atoms with Crippen molar-refractivity contribution in [1.82, 2.24) is 9.29 Å². The molecule has 0 aliphatic carbocycles. The second kappa shape index (κ2) is 5.31. The third kappa shape index (κ3) is 2.69. The van der Waals surface area contributed by atoms with E-state index < -0.39 is 10.0 Å². The summed E-state index contributed by atoms with van der Waals surface area (Å²) in [6.07, 6.45) is 1.28. The third-order valence-corrected chi connectivity index (χ3v) is 4.70. The van der Waals surface area contributed by atoms with Crippen LogP contribution in [0.3, 0.4) is 0 Å². The second-order valence-corrected chi connectivity index (χ2v) is 6.17. The topological polar surface area (TPSA) is 85.5 Å². The number of nitrogens with two attached hydrogens (primary N) is 1. The van der Waals surface area contributed by atoms with Crippen LogP contribution in [0.5, 0.6) is 0 Å². The minimum absolute atomic E-state index is 0.0789. The summed E-state index contributed by atoms with van der Waals surface area (Å²) in [5.74, 6) is 0. The minimum Gasteiger partial charge on any atom is -0.376 e. The molecule has 2 N–H and O–H groups in total. The maximum absolute atomic E-state index is 12.3. The van der Waals surface area contributed by atoms with E-state index in [4.69, 9.17) is 10.5 Å². The molecule has 1 aromatic heterocycles. The Bertz CT molecular complexity index is 501. The predicted octanol–water partition coefficient (Wildman–Crippen LogP) is -0.0503. The van der Waals surface area contributed by atoms with E-state index in [1.807, 2.05) is 6.92 Å². The summed E-state index contributed by atoms with van der Waals surface area (Å²) in [7, 11) is -3.47. The average Bonchev–Trinajstić information content (AvgIpc) is 2.39. The van der Waals surface area contributed by atoms with Gasteiger partial charge in [-0.1, -0.05) is 0 Å². The maximum atomic E-state index is 12.3. The van der Waals surface area contributed by atoms with Crippen LogP contribution in [-0.4, -0.2) is 43.5 Å². The fourth-order valence-corrected chi connectivity index (χ4v) is 3.28. The molecule has 1 atom stereocenters. The fourth-order valence-electron chi connectivity index (χ4n) is 1.84. The van der Waals surface area contributed by atoms with Crippen LogP contribution < -0.4 is 5.73 Å². The summed E-state index contributed by atoms with van der Waals surface area (Å²) >= 11 is 0. The van der Waals surface area contributed by atoms with Crippen LogP contribution in [0.15, 0.2) is 23.2 Å². The Morgan fingerprint density at radius 3 is 2.89 bits per heavy atom. The van der Waals surface area contributed by atoms with Gasteiger partial charge in [-0.3, -0.25) is 4.98 Å². The number of pyridine rings is 1. The molecule has 1 saturated heterocycles. The van der Waals surface area contributed by atoms with Gasteiger partial charge in [-0.2, -0.15) is 4.31 Å². The molecule has 0 radical (unpaired) electrons. The smallest absolute Gasteiger partial charge is 0.244 e. The van der Waals surface area contributed by atoms with Gasteiger partial charge >= 0.3 is 0 Å². The van der Waals surface area contributed by atoms with Crippen LogP contribution in [-0.2, 0) is 21.3 Å². The summed E-state index contributed by atoms with van der Waals surface area (Å²) in [5.41, 5.74) is 6.10. The summed E-state index contributed by atoms with van der Waals surface area (Å²) in [4.78, 5) is 4.22. The Labute approximate surface area is 107 Å². The number of sulfonamides is 1. The Hall–Kier alpha value is -1.02. The Kier molecular flexibility index (Phi) is 3.96. The normalized spacial score (nSPS) is 22.0. The number of nitrogens with zero attached hydrogens (tertiary/aromatic N) is 2. The molecule has 1 aliphatic heterocycles. The van der Waals surface area contributed by atoms with Gasteiger partial charge in [0.25, 0.3) is 0 Å². The molecule has 0 amide bonds.